The molecule has 0 unspecified atom stereocenters. The van der Waals surface area contributed by atoms with Crippen molar-refractivity contribution < 1.29 is 14.7 Å². The van der Waals surface area contributed by atoms with E-state index in [0.717, 1.165) is 0 Å². The average Bonchev–Trinajstić information content (AvgIpc) is 2.33. The first-order valence-electron chi connectivity index (χ1n) is 3.25. The van der Waals surface area contributed by atoms with Gasteiger partial charge in [-0.15, -0.1) is 0 Å². The molecule has 1 rings (SSSR count). The molecular weight excluding hydrogens is 144 g/mol. The summed E-state index contributed by atoms with van der Waals surface area (Å²) in [5, 5.41) is 8.50. The second kappa shape index (κ2) is 2.70. The van der Waals surface area contributed by atoms with Crippen LogP contribution in [-0.4, -0.2) is 16.9 Å². The smallest absolute Gasteiger partial charge is 0.331 e. The first-order chi connectivity index (χ1) is 5.11. The fraction of sp³-hybridized carbons (Fsp3) is 0.250. The van der Waals surface area contributed by atoms with Gasteiger partial charge in [0.05, 0.1) is 0 Å². The van der Waals surface area contributed by atoms with Crippen molar-refractivity contribution in [3.8, 4) is 0 Å². The summed E-state index contributed by atoms with van der Waals surface area (Å²) < 4.78 is 0. The molecule has 58 valence electrons. The van der Waals surface area contributed by atoms with Crippen LogP contribution in [0.25, 0.3) is 0 Å². The Morgan fingerprint density at radius 1 is 1.36 bits per heavy atom. The Morgan fingerprint density at radius 2 is 1.91 bits per heavy atom. The second-order valence-electron chi connectivity index (χ2n) is 2.42. The van der Waals surface area contributed by atoms with Crippen LogP contribution in [0.3, 0.4) is 0 Å². The van der Waals surface area contributed by atoms with Gasteiger partial charge in [-0.25, -0.2) is 4.79 Å². The third kappa shape index (κ3) is 1.55. The Hall–Kier alpha value is -1.38. The molecule has 0 aromatic carbocycles. The zero-order chi connectivity index (χ0) is 8.43. The van der Waals surface area contributed by atoms with E-state index in [-0.39, 0.29) is 17.8 Å². The van der Waals surface area contributed by atoms with Gasteiger partial charge in [0.1, 0.15) is 0 Å². The van der Waals surface area contributed by atoms with E-state index in [1.165, 1.54) is 13.0 Å². The molecule has 1 N–H and O–H groups in total. The Morgan fingerprint density at radius 3 is 2.18 bits per heavy atom. The van der Waals surface area contributed by atoms with Crippen LogP contribution < -0.4 is 0 Å². The lowest BCUT2D eigenvalue weighted by atomic mass is 10.1. The first kappa shape index (κ1) is 7.72. The normalized spacial score (nSPS) is 15.7. The molecule has 0 aromatic rings. The van der Waals surface area contributed by atoms with Crippen molar-refractivity contribution in [1.29, 1.82) is 0 Å². The maximum absolute atomic E-state index is 10.7. The highest BCUT2D eigenvalue weighted by atomic mass is 16.4. The largest absolute Gasteiger partial charge is 0.478 e. The highest BCUT2D eigenvalue weighted by Crippen LogP contribution is 2.19. The summed E-state index contributed by atoms with van der Waals surface area (Å²) in [6, 6.07) is 0. The molecule has 0 radical (unpaired) electrons. The minimum absolute atomic E-state index is 0.0579. The zero-order valence-electron chi connectivity index (χ0n) is 6.13. The summed E-state index contributed by atoms with van der Waals surface area (Å²) in [7, 11) is 0. The lowest BCUT2D eigenvalue weighted by Gasteiger charge is -1.95. The van der Waals surface area contributed by atoms with Crippen molar-refractivity contribution in [2.45, 2.75) is 13.3 Å². The summed E-state index contributed by atoms with van der Waals surface area (Å²) in [4.78, 5) is 21.1. The summed E-state index contributed by atoms with van der Waals surface area (Å²) in [5.41, 5.74) is 0.859. The lowest BCUT2D eigenvalue weighted by molar-refractivity contribution is -0.132. The minimum Gasteiger partial charge on any atom is -0.478 e. The van der Waals surface area contributed by atoms with Gasteiger partial charge in [-0.3, -0.25) is 4.79 Å². The van der Waals surface area contributed by atoms with E-state index in [4.69, 9.17) is 5.11 Å². The van der Waals surface area contributed by atoms with Gasteiger partial charge in [-0.2, -0.15) is 0 Å². The van der Waals surface area contributed by atoms with Crippen molar-refractivity contribution in [1.82, 2.24) is 0 Å². The van der Waals surface area contributed by atoms with Crippen molar-refractivity contribution in [2.24, 2.45) is 0 Å². The second-order valence-corrected chi connectivity index (χ2v) is 2.42. The predicted molar refractivity (Wildman–Crippen MR) is 39.1 cm³/mol. The molecule has 0 aromatic heterocycles. The highest BCUT2D eigenvalue weighted by Gasteiger charge is 2.16. The molecule has 0 saturated carbocycles. The molecule has 11 heavy (non-hydrogen) atoms. The van der Waals surface area contributed by atoms with E-state index in [1.54, 1.807) is 6.08 Å². The Labute approximate surface area is 64.0 Å². The van der Waals surface area contributed by atoms with Crippen LogP contribution in [0.15, 0.2) is 23.3 Å². The van der Waals surface area contributed by atoms with Crippen LogP contribution in [0.1, 0.15) is 13.3 Å². The Balaban J connectivity index is 2.66. The third-order valence-electron chi connectivity index (χ3n) is 1.59. The van der Waals surface area contributed by atoms with Gasteiger partial charge in [-0.1, -0.05) is 12.2 Å². The van der Waals surface area contributed by atoms with Gasteiger partial charge in [0.25, 0.3) is 0 Å². The molecule has 0 atom stereocenters. The van der Waals surface area contributed by atoms with E-state index in [0.29, 0.717) is 5.57 Å². The SMILES string of the molecule is CC(=O)C1=CC=C(C(=O)O)C1. The van der Waals surface area contributed by atoms with Gasteiger partial charge < -0.3 is 5.11 Å². The number of hydrogen-bond donors (Lipinski definition) is 1. The van der Waals surface area contributed by atoms with Crippen molar-refractivity contribution in [3.05, 3.63) is 23.3 Å². The van der Waals surface area contributed by atoms with Crippen LogP contribution >= 0.6 is 0 Å². The van der Waals surface area contributed by atoms with Crippen molar-refractivity contribution >= 4 is 11.8 Å². The number of carbonyl (C=O) groups excluding carboxylic acids is 1. The topological polar surface area (TPSA) is 54.4 Å². The molecule has 3 heteroatoms. The number of aliphatic carboxylic acids is 1. The minimum atomic E-state index is -0.947. The van der Waals surface area contributed by atoms with Crippen molar-refractivity contribution in [2.75, 3.05) is 0 Å². The molecule has 3 nitrogen and oxygen atoms in total. The number of hydrogen-bond acceptors (Lipinski definition) is 2. The third-order valence-corrected chi connectivity index (χ3v) is 1.59. The molecule has 1 aliphatic rings. The van der Waals surface area contributed by atoms with E-state index >= 15 is 0 Å². The molecule has 0 bridgehead atoms. The first-order valence-corrected chi connectivity index (χ1v) is 3.25. The van der Waals surface area contributed by atoms with Gasteiger partial charge in [0.2, 0.25) is 0 Å². The molecule has 0 saturated heterocycles. The molecule has 0 heterocycles. The van der Waals surface area contributed by atoms with Crippen LogP contribution in [0.4, 0.5) is 0 Å². The average molecular weight is 152 g/mol. The van der Waals surface area contributed by atoms with Gasteiger partial charge in [0.15, 0.2) is 5.78 Å². The standard InChI is InChI=1S/C8H8O3/c1-5(9)6-2-3-7(4-6)8(10)11/h2-3H,4H2,1H3,(H,10,11). The van der Waals surface area contributed by atoms with Gasteiger partial charge in [-0.05, 0) is 12.5 Å². The molecule has 0 fully saturated rings. The summed E-state index contributed by atoms with van der Waals surface area (Å²) in [6.45, 7) is 1.43. The quantitative estimate of drug-likeness (QED) is 0.640. The number of allylic oxidation sites excluding steroid dienone is 3. The van der Waals surface area contributed by atoms with E-state index in [9.17, 15) is 9.59 Å². The summed E-state index contributed by atoms with van der Waals surface area (Å²) in [6.07, 6.45) is 3.30. The van der Waals surface area contributed by atoms with Crippen LogP contribution in [0.2, 0.25) is 0 Å². The van der Waals surface area contributed by atoms with Gasteiger partial charge in [0, 0.05) is 12.0 Å². The highest BCUT2D eigenvalue weighted by molar-refractivity contribution is 5.99. The molecule has 0 aliphatic heterocycles. The molecular formula is C8H8O3. The Kier molecular flexibility index (Phi) is 1.89. The molecule has 0 spiro atoms. The number of rotatable bonds is 2. The fourth-order valence-electron chi connectivity index (χ4n) is 0.913. The Bertz CT molecular complexity index is 243. The van der Waals surface area contributed by atoms with E-state index in [2.05, 4.69) is 0 Å². The maximum atomic E-state index is 10.7. The van der Waals surface area contributed by atoms with Crippen LogP contribution in [0.5, 0.6) is 0 Å². The molecule has 0 amide bonds. The van der Waals surface area contributed by atoms with Crippen LogP contribution in [0, 0.1) is 0 Å². The van der Waals surface area contributed by atoms with Crippen molar-refractivity contribution in [3.63, 3.8) is 0 Å². The van der Waals surface area contributed by atoms with Crippen LogP contribution in [-0.2, 0) is 9.59 Å². The van der Waals surface area contributed by atoms with Gasteiger partial charge >= 0.3 is 5.97 Å². The number of ketones is 1. The predicted octanol–water partition coefficient (Wildman–Crippen LogP) is 0.916. The maximum Gasteiger partial charge on any atom is 0.331 e. The lowest BCUT2D eigenvalue weighted by Crippen LogP contribution is -2.01. The number of Topliss-reactive ketones (excluding diaryl/α,β-unsaturated/α-hetero) is 1. The summed E-state index contributed by atoms with van der Waals surface area (Å²) in [5.74, 6) is -1.00. The number of carboxylic acids is 1. The zero-order valence-corrected chi connectivity index (χ0v) is 6.13. The summed E-state index contributed by atoms with van der Waals surface area (Å²) >= 11 is 0. The monoisotopic (exact) mass is 152 g/mol. The molecule has 1 aliphatic carbocycles. The number of carboxylic acid groups (broad SMARTS) is 1. The fourth-order valence-corrected chi connectivity index (χ4v) is 0.913. The van der Waals surface area contributed by atoms with E-state index < -0.39 is 5.97 Å². The van der Waals surface area contributed by atoms with E-state index in [1.807, 2.05) is 0 Å². The number of carbonyl (C=O) groups is 2.